The SMILES string of the molecule is CC[C@@H](C)NC(=O)[C@H](C)N(Cc1cccc(C)c1)C(=O)CCCN(c1cc(C)cc(C)c1)S(C)(=O)=O. The number of hydrogen-bond acceptors (Lipinski definition) is 4. The fourth-order valence-corrected chi connectivity index (χ4v) is 5.10. The number of hydrogen-bond donors (Lipinski definition) is 1. The molecule has 0 radical (unpaired) electrons. The number of rotatable bonds is 12. The topological polar surface area (TPSA) is 86.8 Å². The Kier molecular flexibility index (Phi) is 10.5. The Morgan fingerprint density at radius 3 is 2.17 bits per heavy atom. The van der Waals surface area contributed by atoms with Gasteiger partial charge in [0.15, 0.2) is 0 Å². The minimum absolute atomic E-state index is 0.0111. The van der Waals surface area contributed by atoms with Crippen molar-refractivity contribution in [2.45, 2.75) is 79.4 Å². The molecule has 1 N–H and O–H groups in total. The Morgan fingerprint density at radius 2 is 1.61 bits per heavy atom. The van der Waals surface area contributed by atoms with Gasteiger partial charge in [-0.25, -0.2) is 8.42 Å². The zero-order valence-corrected chi connectivity index (χ0v) is 23.5. The van der Waals surface area contributed by atoms with Crippen molar-refractivity contribution in [1.82, 2.24) is 10.2 Å². The molecule has 0 aliphatic carbocycles. The summed E-state index contributed by atoms with van der Waals surface area (Å²) in [5, 5.41) is 2.97. The summed E-state index contributed by atoms with van der Waals surface area (Å²) in [6.45, 7) is 12.0. The van der Waals surface area contributed by atoms with Crippen LogP contribution >= 0.6 is 0 Å². The zero-order valence-electron chi connectivity index (χ0n) is 22.7. The van der Waals surface area contributed by atoms with E-state index in [0.29, 0.717) is 18.7 Å². The first-order valence-corrected chi connectivity index (χ1v) is 14.4. The fourth-order valence-electron chi connectivity index (χ4n) is 4.15. The summed E-state index contributed by atoms with van der Waals surface area (Å²) in [7, 11) is -3.52. The van der Waals surface area contributed by atoms with Crippen LogP contribution in [0.3, 0.4) is 0 Å². The first kappa shape index (κ1) is 29.4. The molecule has 0 aromatic heterocycles. The van der Waals surface area contributed by atoms with Gasteiger partial charge in [-0.05, 0) is 76.3 Å². The van der Waals surface area contributed by atoms with Gasteiger partial charge in [0.25, 0.3) is 0 Å². The summed E-state index contributed by atoms with van der Waals surface area (Å²) in [5.74, 6) is -0.379. The molecule has 2 amide bonds. The molecule has 0 bridgehead atoms. The van der Waals surface area contributed by atoms with E-state index in [1.54, 1.807) is 11.8 Å². The highest BCUT2D eigenvalue weighted by atomic mass is 32.2. The third kappa shape index (κ3) is 8.66. The van der Waals surface area contributed by atoms with E-state index in [2.05, 4.69) is 5.32 Å². The second-order valence-electron chi connectivity index (χ2n) is 9.79. The highest BCUT2D eigenvalue weighted by Crippen LogP contribution is 2.22. The molecular formula is C28H41N3O4S. The Balaban J connectivity index is 2.20. The minimum atomic E-state index is -3.52. The second kappa shape index (κ2) is 12.9. The average molecular weight is 516 g/mol. The van der Waals surface area contributed by atoms with Crippen LogP contribution in [0.5, 0.6) is 0 Å². The molecule has 0 saturated carbocycles. The molecule has 7 nitrogen and oxygen atoms in total. The summed E-state index contributed by atoms with van der Waals surface area (Å²) < 4.78 is 26.4. The molecule has 0 unspecified atom stereocenters. The van der Waals surface area contributed by atoms with Gasteiger partial charge < -0.3 is 10.2 Å². The van der Waals surface area contributed by atoms with Crippen LogP contribution in [0.4, 0.5) is 5.69 Å². The zero-order chi connectivity index (χ0) is 27.0. The van der Waals surface area contributed by atoms with Gasteiger partial charge in [-0.1, -0.05) is 42.8 Å². The van der Waals surface area contributed by atoms with Gasteiger partial charge >= 0.3 is 0 Å². The predicted molar refractivity (Wildman–Crippen MR) is 146 cm³/mol. The van der Waals surface area contributed by atoms with Crippen LogP contribution in [0.1, 0.15) is 62.3 Å². The van der Waals surface area contributed by atoms with Crippen molar-refractivity contribution < 1.29 is 18.0 Å². The summed E-state index contributed by atoms with van der Waals surface area (Å²) in [4.78, 5) is 27.9. The lowest BCUT2D eigenvalue weighted by Gasteiger charge is -2.30. The smallest absolute Gasteiger partial charge is 0.242 e. The molecule has 198 valence electrons. The first-order chi connectivity index (χ1) is 16.8. The monoisotopic (exact) mass is 515 g/mol. The maximum absolute atomic E-state index is 13.4. The number of nitrogens with zero attached hydrogens (tertiary/aromatic N) is 2. The molecule has 0 aliphatic rings. The summed E-state index contributed by atoms with van der Waals surface area (Å²) in [6.07, 6.45) is 2.44. The van der Waals surface area contributed by atoms with Crippen molar-refractivity contribution in [3.8, 4) is 0 Å². The number of carbonyl (C=O) groups excluding carboxylic acids is 2. The Bertz CT molecular complexity index is 1140. The Labute approximate surface area is 216 Å². The van der Waals surface area contributed by atoms with E-state index in [-0.39, 0.29) is 30.8 Å². The van der Waals surface area contributed by atoms with E-state index in [9.17, 15) is 18.0 Å². The summed E-state index contributed by atoms with van der Waals surface area (Å²) >= 11 is 0. The second-order valence-corrected chi connectivity index (χ2v) is 11.7. The van der Waals surface area contributed by atoms with E-state index in [4.69, 9.17) is 0 Å². The Hall–Kier alpha value is -2.87. The first-order valence-electron chi connectivity index (χ1n) is 12.5. The molecule has 2 aromatic rings. The number of nitrogens with one attached hydrogen (secondary N) is 1. The lowest BCUT2D eigenvalue weighted by atomic mass is 10.1. The van der Waals surface area contributed by atoms with Crippen LogP contribution in [0.15, 0.2) is 42.5 Å². The number of aryl methyl sites for hydroxylation is 3. The van der Waals surface area contributed by atoms with Crippen LogP contribution < -0.4 is 9.62 Å². The maximum Gasteiger partial charge on any atom is 0.242 e. The number of carbonyl (C=O) groups is 2. The molecular weight excluding hydrogens is 474 g/mol. The normalized spacial score (nSPS) is 13.1. The van der Waals surface area contributed by atoms with Gasteiger partial charge in [0.05, 0.1) is 11.9 Å². The van der Waals surface area contributed by atoms with Crippen LogP contribution in [0.2, 0.25) is 0 Å². The van der Waals surface area contributed by atoms with Crippen molar-refractivity contribution in [3.05, 3.63) is 64.7 Å². The third-order valence-electron chi connectivity index (χ3n) is 6.25. The highest BCUT2D eigenvalue weighted by molar-refractivity contribution is 7.92. The number of benzene rings is 2. The van der Waals surface area contributed by atoms with Crippen LogP contribution in [0, 0.1) is 20.8 Å². The molecule has 36 heavy (non-hydrogen) atoms. The van der Waals surface area contributed by atoms with Gasteiger partial charge in [0.2, 0.25) is 21.8 Å². The number of anilines is 1. The molecule has 8 heteroatoms. The molecule has 0 spiro atoms. The van der Waals surface area contributed by atoms with Crippen molar-refractivity contribution in [2.75, 3.05) is 17.1 Å². The molecule has 0 fully saturated rings. The molecule has 0 aliphatic heterocycles. The van der Waals surface area contributed by atoms with Crippen LogP contribution in [-0.2, 0) is 26.2 Å². The van der Waals surface area contributed by atoms with E-state index in [1.165, 1.54) is 10.6 Å². The van der Waals surface area contributed by atoms with E-state index >= 15 is 0 Å². The van der Waals surface area contributed by atoms with Gasteiger partial charge in [0, 0.05) is 25.6 Å². The lowest BCUT2D eigenvalue weighted by molar-refractivity contribution is -0.140. The van der Waals surface area contributed by atoms with E-state index in [1.807, 2.05) is 77.1 Å². The van der Waals surface area contributed by atoms with Gasteiger partial charge in [-0.3, -0.25) is 13.9 Å². The predicted octanol–water partition coefficient (Wildman–Crippen LogP) is 4.49. The van der Waals surface area contributed by atoms with Gasteiger partial charge in [0.1, 0.15) is 6.04 Å². The molecule has 2 aromatic carbocycles. The van der Waals surface area contributed by atoms with Crippen molar-refractivity contribution in [1.29, 1.82) is 0 Å². The molecule has 0 heterocycles. The third-order valence-corrected chi connectivity index (χ3v) is 7.44. The molecule has 0 saturated heterocycles. The minimum Gasteiger partial charge on any atom is -0.352 e. The highest BCUT2D eigenvalue weighted by Gasteiger charge is 2.27. The van der Waals surface area contributed by atoms with E-state index < -0.39 is 16.1 Å². The van der Waals surface area contributed by atoms with Crippen molar-refractivity contribution in [3.63, 3.8) is 0 Å². The fraction of sp³-hybridized carbons (Fsp3) is 0.500. The lowest BCUT2D eigenvalue weighted by Crippen LogP contribution is -2.49. The molecule has 2 atom stereocenters. The number of sulfonamides is 1. The standard InChI is InChI=1S/C28H41N3O4S/c1-8-23(5)29-28(33)24(6)30(19-25-12-9-11-20(2)16-25)27(32)13-10-14-31(36(7,34)35)26-17-21(3)15-22(4)18-26/h9,11-12,15-18,23-24H,8,10,13-14,19H2,1-7H3,(H,29,33)/t23-,24+/m1/s1. The number of amides is 2. The van der Waals surface area contributed by atoms with Crippen molar-refractivity contribution >= 4 is 27.5 Å². The van der Waals surface area contributed by atoms with Crippen LogP contribution in [0.25, 0.3) is 0 Å². The van der Waals surface area contributed by atoms with Crippen LogP contribution in [-0.4, -0.2) is 50.0 Å². The quantitative estimate of drug-likeness (QED) is 0.451. The van der Waals surface area contributed by atoms with Gasteiger partial charge in [-0.2, -0.15) is 0 Å². The maximum atomic E-state index is 13.4. The summed E-state index contributed by atoms with van der Waals surface area (Å²) in [6, 6.07) is 12.9. The summed E-state index contributed by atoms with van der Waals surface area (Å²) in [5.41, 5.74) is 4.56. The van der Waals surface area contributed by atoms with Crippen molar-refractivity contribution in [2.24, 2.45) is 0 Å². The van der Waals surface area contributed by atoms with Gasteiger partial charge in [-0.15, -0.1) is 0 Å². The van der Waals surface area contributed by atoms with E-state index in [0.717, 1.165) is 28.7 Å². The largest absolute Gasteiger partial charge is 0.352 e. The Morgan fingerprint density at radius 1 is 0.972 bits per heavy atom. The molecule has 2 rings (SSSR count). The average Bonchev–Trinajstić information content (AvgIpc) is 2.78.